The van der Waals surface area contributed by atoms with Crippen molar-refractivity contribution >= 4 is 28.4 Å². The Hall–Kier alpha value is -2.27. The lowest BCUT2D eigenvalue weighted by Crippen LogP contribution is -2.36. The molecule has 1 aliphatic carbocycles. The van der Waals surface area contributed by atoms with Gasteiger partial charge in [0, 0.05) is 34.7 Å². The number of nitrogens with zero attached hydrogens (tertiary/aromatic N) is 2. The number of rotatable bonds is 3. The van der Waals surface area contributed by atoms with Crippen LogP contribution in [0.3, 0.4) is 0 Å². The summed E-state index contributed by atoms with van der Waals surface area (Å²) in [5.41, 5.74) is 2.20. The number of aryl methyl sites for hydroxylation is 1. The molecule has 0 aliphatic heterocycles. The third kappa shape index (κ3) is 2.32. The molecular formula is C17H17ClN4O. The normalized spacial score (nSPS) is 23.2. The van der Waals surface area contributed by atoms with Gasteiger partial charge >= 0.3 is 0 Å². The zero-order valence-corrected chi connectivity index (χ0v) is 13.7. The number of carbonyl (C=O) groups is 1. The lowest BCUT2D eigenvalue weighted by atomic mass is 10.1. The number of H-pyrrole nitrogens is 1. The van der Waals surface area contributed by atoms with Crippen molar-refractivity contribution in [2.45, 2.75) is 18.9 Å². The van der Waals surface area contributed by atoms with Crippen molar-refractivity contribution in [2.24, 2.45) is 13.0 Å². The molecule has 1 aliphatic rings. The number of halogens is 1. The van der Waals surface area contributed by atoms with Gasteiger partial charge in [-0.1, -0.05) is 18.5 Å². The number of amides is 1. The number of hydrogen-bond donors (Lipinski definition) is 2. The smallest absolute Gasteiger partial charge is 0.268 e. The number of aromatic amines is 1. The van der Waals surface area contributed by atoms with Crippen molar-refractivity contribution in [3.63, 3.8) is 0 Å². The van der Waals surface area contributed by atoms with Crippen LogP contribution in [0.2, 0.25) is 5.02 Å². The van der Waals surface area contributed by atoms with E-state index in [9.17, 15) is 4.79 Å². The summed E-state index contributed by atoms with van der Waals surface area (Å²) in [5, 5.41) is 9.00. The van der Waals surface area contributed by atoms with E-state index in [1.165, 1.54) is 0 Å². The van der Waals surface area contributed by atoms with Crippen LogP contribution in [0.1, 0.15) is 29.4 Å². The SMILES string of the molecule is CC1CC1(NC(=O)c1cc2cc(Cl)ccc2[nH]1)c1cnn(C)c1. The van der Waals surface area contributed by atoms with Crippen LogP contribution in [0.25, 0.3) is 10.9 Å². The fraction of sp³-hybridized carbons (Fsp3) is 0.294. The van der Waals surface area contributed by atoms with E-state index in [4.69, 9.17) is 11.6 Å². The van der Waals surface area contributed by atoms with Crippen LogP contribution in [0, 0.1) is 5.92 Å². The molecule has 0 bridgehead atoms. The van der Waals surface area contributed by atoms with Gasteiger partial charge in [0.05, 0.1) is 11.7 Å². The minimum atomic E-state index is -0.305. The maximum Gasteiger partial charge on any atom is 0.268 e. The maximum atomic E-state index is 12.7. The van der Waals surface area contributed by atoms with Crippen molar-refractivity contribution in [1.82, 2.24) is 20.1 Å². The van der Waals surface area contributed by atoms with Crippen LogP contribution < -0.4 is 5.32 Å². The molecule has 4 rings (SSSR count). The van der Waals surface area contributed by atoms with Gasteiger partial charge in [-0.15, -0.1) is 0 Å². The highest BCUT2D eigenvalue weighted by molar-refractivity contribution is 6.31. The van der Waals surface area contributed by atoms with E-state index in [2.05, 4.69) is 22.3 Å². The zero-order valence-electron chi connectivity index (χ0n) is 12.9. The van der Waals surface area contributed by atoms with E-state index in [-0.39, 0.29) is 11.4 Å². The number of fused-ring (bicyclic) bond motifs is 1. The third-order valence-electron chi connectivity index (χ3n) is 4.69. The van der Waals surface area contributed by atoms with Gasteiger partial charge in [0.25, 0.3) is 5.91 Å². The fourth-order valence-electron chi connectivity index (χ4n) is 3.22. The molecule has 0 saturated heterocycles. The van der Waals surface area contributed by atoms with Gasteiger partial charge in [-0.25, -0.2) is 0 Å². The molecule has 2 atom stereocenters. The van der Waals surface area contributed by atoms with Crippen LogP contribution in [0.15, 0.2) is 36.7 Å². The van der Waals surface area contributed by atoms with Crippen molar-refractivity contribution in [2.75, 3.05) is 0 Å². The lowest BCUT2D eigenvalue weighted by Gasteiger charge is -2.16. The van der Waals surface area contributed by atoms with Gasteiger partial charge in [-0.3, -0.25) is 9.48 Å². The van der Waals surface area contributed by atoms with Gasteiger partial charge in [0.15, 0.2) is 0 Å². The number of hydrogen-bond acceptors (Lipinski definition) is 2. The highest BCUT2D eigenvalue weighted by Crippen LogP contribution is 2.51. The second-order valence-corrected chi connectivity index (χ2v) is 6.78. The maximum absolute atomic E-state index is 12.7. The summed E-state index contributed by atoms with van der Waals surface area (Å²) >= 11 is 6.00. The molecule has 23 heavy (non-hydrogen) atoms. The molecule has 0 radical (unpaired) electrons. The Morgan fingerprint density at radius 3 is 2.91 bits per heavy atom. The van der Waals surface area contributed by atoms with E-state index in [1.807, 2.05) is 43.7 Å². The number of nitrogens with one attached hydrogen (secondary N) is 2. The monoisotopic (exact) mass is 328 g/mol. The Morgan fingerprint density at radius 1 is 1.48 bits per heavy atom. The summed E-state index contributed by atoms with van der Waals surface area (Å²) in [6.45, 7) is 2.14. The lowest BCUT2D eigenvalue weighted by molar-refractivity contribution is 0.0923. The van der Waals surface area contributed by atoms with Gasteiger partial charge in [0.1, 0.15) is 5.69 Å². The average Bonchev–Trinajstić information content (AvgIpc) is 2.90. The van der Waals surface area contributed by atoms with E-state index in [1.54, 1.807) is 4.68 Å². The highest BCUT2D eigenvalue weighted by Gasteiger charge is 2.54. The van der Waals surface area contributed by atoms with Gasteiger partial charge in [-0.2, -0.15) is 5.10 Å². The van der Waals surface area contributed by atoms with Crippen LogP contribution in [0.4, 0.5) is 0 Å². The standard InChI is InChI=1S/C17H17ClN4O/c1-10-7-17(10,12-8-19-22(2)9-12)21-16(23)15-6-11-5-13(18)3-4-14(11)20-15/h3-6,8-10,20H,7H2,1-2H3,(H,21,23). The number of carbonyl (C=O) groups excluding carboxylic acids is 1. The highest BCUT2D eigenvalue weighted by atomic mass is 35.5. The molecule has 1 amide bonds. The number of aromatic nitrogens is 3. The Labute approximate surface area is 138 Å². The Balaban J connectivity index is 1.63. The minimum Gasteiger partial charge on any atom is -0.351 e. The summed E-state index contributed by atoms with van der Waals surface area (Å²) in [4.78, 5) is 15.8. The first-order chi connectivity index (χ1) is 11.0. The summed E-state index contributed by atoms with van der Waals surface area (Å²) in [6.07, 6.45) is 4.72. The van der Waals surface area contributed by atoms with Crippen LogP contribution >= 0.6 is 11.6 Å². The van der Waals surface area contributed by atoms with Crippen LogP contribution in [0.5, 0.6) is 0 Å². The summed E-state index contributed by atoms with van der Waals surface area (Å²) in [7, 11) is 1.88. The molecule has 0 spiro atoms. The largest absolute Gasteiger partial charge is 0.351 e. The molecule has 2 heterocycles. The fourth-order valence-corrected chi connectivity index (χ4v) is 3.40. The molecule has 1 fully saturated rings. The van der Waals surface area contributed by atoms with Crippen LogP contribution in [-0.4, -0.2) is 20.7 Å². The summed E-state index contributed by atoms with van der Waals surface area (Å²) in [5.74, 6) is 0.292. The molecule has 3 aromatic rings. The molecule has 5 nitrogen and oxygen atoms in total. The van der Waals surface area contributed by atoms with Crippen molar-refractivity contribution in [3.8, 4) is 0 Å². The first kappa shape index (κ1) is 14.3. The molecule has 6 heteroatoms. The van der Waals surface area contributed by atoms with E-state index in [0.29, 0.717) is 16.6 Å². The molecule has 2 unspecified atom stereocenters. The molecule has 2 aromatic heterocycles. The van der Waals surface area contributed by atoms with Crippen molar-refractivity contribution in [1.29, 1.82) is 0 Å². The second kappa shape index (κ2) is 4.86. The van der Waals surface area contributed by atoms with Crippen molar-refractivity contribution < 1.29 is 4.79 Å². The number of benzene rings is 1. The quantitative estimate of drug-likeness (QED) is 0.775. The molecule has 1 aromatic carbocycles. The zero-order chi connectivity index (χ0) is 16.2. The Bertz CT molecular complexity index is 912. The third-order valence-corrected chi connectivity index (χ3v) is 4.93. The van der Waals surface area contributed by atoms with Gasteiger partial charge in [0.2, 0.25) is 0 Å². The second-order valence-electron chi connectivity index (χ2n) is 6.35. The van der Waals surface area contributed by atoms with E-state index in [0.717, 1.165) is 22.9 Å². The first-order valence-electron chi connectivity index (χ1n) is 7.58. The molecule has 2 N–H and O–H groups in total. The predicted molar refractivity (Wildman–Crippen MR) is 89.4 cm³/mol. The van der Waals surface area contributed by atoms with E-state index < -0.39 is 0 Å². The van der Waals surface area contributed by atoms with Crippen LogP contribution in [-0.2, 0) is 12.6 Å². The first-order valence-corrected chi connectivity index (χ1v) is 7.96. The van der Waals surface area contributed by atoms with E-state index >= 15 is 0 Å². The minimum absolute atomic E-state index is 0.106. The summed E-state index contributed by atoms with van der Waals surface area (Å²) in [6, 6.07) is 7.37. The molecule has 118 valence electrons. The molecular weight excluding hydrogens is 312 g/mol. The predicted octanol–water partition coefficient (Wildman–Crippen LogP) is 3.22. The topological polar surface area (TPSA) is 62.7 Å². The van der Waals surface area contributed by atoms with Crippen molar-refractivity contribution in [3.05, 3.63) is 52.9 Å². The summed E-state index contributed by atoms with van der Waals surface area (Å²) < 4.78 is 1.76. The Kier molecular flexibility index (Phi) is 3.03. The Morgan fingerprint density at radius 2 is 2.26 bits per heavy atom. The van der Waals surface area contributed by atoms with Gasteiger partial charge in [-0.05, 0) is 36.6 Å². The average molecular weight is 329 g/mol. The molecule has 1 saturated carbocycles. The van der Waals surface area contributed by atoms with Gasteiger partial charge < -0.3 is 10.3 Å².